The first kappa shape index (κ1) is 17.2. The van der Waals surface area contributed by atoms with Gasteiger partial charge < -0.3 is 5.73 Å². The van der Waals surface area contributed by atoms with E-state index in [4.69, 9.17) is 5.73 Å². The van der Waals surface area contributed by atoms with Gasteiger partial charge in [0.05, 0.1) is 0 Å². The second-order valence-electron chi connectivity index (χ2n) is 5.67. The van der Waals surface area contributed by atoms with Gasteiger partial charge in [0, 0.05) is 52.0 Å². The molecule has 124 valence electrons. The van der Waals surface area contributed by atoms with Gasteiger partial charge in [-0.2, -0.15) is 0 Å². The van der Waals surface area contributed by atoms with Gasteiger partial charge in [-0.15, -0.1) is 0 Å². The minimum absolute atomic E-state index is 0.279. The maximum Gasteiger partial charge on any atom is 0.330 e. The Labute approximate surface area is 135 Å². The summed E-state index contributed by atoms with van der Waals surface area (Å²) in [5, 5.41) is 0. The molecule has 6 heteroatoms. The quantitative estimate of drug-likeness (QED) is 0.785. The lowest BCUT2D eigenvalue weighted by atomic mass is 10.1. The molecule has 23 heavy (non-hydrogen) atoms. The van der Waals surface area contributed by atoms with E-state index in [-0.39, 0.29) is 11.2 Å². The van der Waals surface area contributed by atoms with E-state index in [1.165, 1.54) is 23.2 Å². The molecule has 0 saturated heterocycles. The van der Waals surface area contributed by atoms with Crippen molar-refractivity contribution in [2.45, 2.75) is 13.0 Å². The Bertz CT molecular complexity index is 749. The van der Waals surface area contributed by atoms with E-state index in [2.05, 4.69) is 17.0 Å². The van der Waals surface area contributed by atoms with Crippen molar-refractivity contribution in [2.24, 2.45) is 19.8 Å². The van der Waals surface area contributed by atoms with Crippen LogP contribution in [-0.4, -0.2) is 33.7 Å². The highest BCUT2D eigenvalue weighted by atomic mass is 16.2. The van der Waals surface area contributed by atoms with E-state index in [9.17, 15) is 9.59 Å². The second-order valence-corrected chi connectivity index (χ2v) is 5.67. The van der Waals surface area contributed by atoms with Crippen LogP contribution >= 0.6 is 0 Å². The standard InChI is InChI=1S/C17H24N4O2/c1-19-15(12-16(22)20(2)17(19)23)13-21(11-9-18)10-8-14-6-4-3-5-7-14/h3-7,12H,8-11,13,18H2,1-2H3. The molecular weight excluding hydrogens is 292 g/mol. The predicted molar refractivity (Wildman–Crippen MR) is 91.4 cm³/mol. The normalized spacial score (nSPS) is 11.1. The highest BCUT2D eigenvalue weighted by molar-refractivity contribution is 5.15. The van der Waals surface area contributed by atoms with Gasteiger partial charge in [-0.25, -0.2) is 4.79 Å². The molecule has 0 amide bonds. The number of nitrogens with two attached hydrogens (primary N) is 1. The molecule has 1 aromatic carbocycles. The van der Waals surface area contributed by atoms with E-state index in [0.717, 1.165) is 24.1 Å². The summed E-state index contributed by atoms with van der Waals surface area (Å²) in [5.41, 5.74) is 7.08. The summed E-state index contributed by atoms with van der Waals surface area (Å²) in [6.45, 7) is 2.61. The van der Waals surface area contributed by atoms with Gasteiger partial charge in [0.2, 0.25) is 0 Å². The van der Waals surface area contributed by atoms with Crippen LogP contribution < -0.4 is 17.0 Å². The van der Waals surface area contributed by atoms with Crippen molar-refractivity contribution in [3.05, 3.63) is 68.5 Å². The monoisotopic (exact) mass is 316 g/mol. The Hall–Kier alpha value is -2.18. The Morgan fingerprint density at radius 3 is 2.39 bits per heavy atom. The summed E-state index contributed by atoms with van der Waals surface area (Å²) < 4.78 is 2.63. The summed E-state index contributed by atoms with van der Waals surface area (Å²) >= 11 is 0. The molecule has 2 rings (SSSR count). The van der Waals surface area contributed by atoms with E-state index < -0.39 is 0 Å². The van der Waals surface area contributed by atoms with Crippen molar-refractivity contribution in [3.63, 3.8) is 0 Å². The zero-order chi connectivity index (χ0) is 16.8. The molecule has 1 aromatic heterocycles. The van der Waals surface area contributed by atoms with Crippen LogP contribution in [0.2, 0.25) is 0 Å². The van der Waals surface area contributed by atoms with Crippen molar-refractivity contribution in [1.82, 2.24) is 14.0 Å². The van der Waals surface area contributed by atoms with Crippen LogP contribution in [0.4, 0.5) is 0 Å². The molecule has 2 N–H and O–H groups in total. The molecule has 1 heterocycles. The van der Waals surface area contributed by atoms with Gasteiger partial charge in [0.25, 0.3) is 5.56 Å². The first-order valence-electron chi connectivity index (χ1n) is 7.75. The summed E-state index contributed by atoms with van der Waals surface area (Å²) in [6, 6.07) is 11.7. The average molecular weight is 316 g/mol. The predicted octanol–water partition coefficient (Wildman–Crippen LogP) is 0.0874. The molecule has 0 aliphatic rings. The van der Waals surface area contributed by atoms with Crippen molar-refractivity contribution < 1.29 is 0 Å². The number of rotatable bonds is 7. The van der Waals surface area contributed by atoms with Crippen LogP contribution in [0.25, 0.3) is 0 Å². The topological polar surface area (TPSA) is 73.3 Å². The molecule has 0 unspecified atom stereocenters. The van der Waals surface area contributed by atoms with Crippen LogP contribution in [0.1, 0.15) is 11.3 Å². The number of hydrogen-bond donors (Lipinski definition) is 1. The van der Waals surface area contributed by atoms with Gasteiger partial charge in [-0.3, -0.25) is 18.8 Å². The third-order valence-electron chi connectivity index (χ3n) is 4.02. The Morgan fingerprint density at radius 2 is 1.74 bits per heavy atom. The van der Waals surface area contributed by atoms with Crippen LogP contribution in [0.15, 0.2) is 46.0 Å². The number of nitrogens with zero attached hydrogens (tertiary/aromatic N) is 3. The lowest BCUT2D eigenvalue weighted by Crippen LogP contribution is -2.40. The number of aromatic nitrogens is 2. The largest absolute Gasteiger partial charge is 0.330 e. The average Bonchev–Trinajstić information content (AvgIpc) is 2.56. The lowest BCUT2D eigenvalue weighted by molar-refractivity contribution is 0.268. The number of hydrogen-bond acceptors (Lipinski definition) is 4. The van der Waals surface area contributed by atoms with E-state index in [0.29, 0.717) is 18.8 Å². The van der Waals surface area contributed by atoms with Crippen molar-refractivity contribution in [3.8, 4) is 0 Å². The van der Waals surface area contributed by atoms with Crippen LogP contribution in [-0.2, 0) is 27.1 Å². The lowest BCUT2D eigenvalue weighted by Gasteiger charge is -2.23. The third-order valence-corrected chi connectivity index (χ3v) is 4.02. The summed E-state index contributed by atoms with van der Waals surface area (Å²) in [5.74, 6) is 0. The van der Waals surface area contributed by atoms with Crippen LogP contribution in [0.5, 0.6) is 0 Å². The summed E-state index contributed by atoms with van der Waals surface area (Å²) in [7, 11) is 3.18. The Balaban J connectivity index is 2.13. The maximum absolute atomic E-state index is 12.0. The smallest absolute Gasteiger partial charge is 0.329 e. The minimum atomic E-state index is -0.303. The van der Waals surface area contributed by atoms with E-state index in [1.807, 2.05) is 18.2 Å². The molecule has 0 aliphatic carbocycles. The fourth-order valence-corrected chi connectivity index (χ4v) is 2.54. The first-order chi connectivity index (χ1) is 11.0. The highest BCUT2D eigenvalue weighted by Gasteiger charge is 2.11. The maximum atomic E-state index is 12.0. The molecule has 2 aromatic rings. The Morgan fingerprint density at radius 1 is 1.04 bits per heavy atom. The second kappa shape index (κ2) is 7.89. The van der Waals surface area contributed by atoms with Gasteiger partial charge in [-0.1, -0.05) is 30.3 Å². The number of benzene rings is 1. The fraction of sp³-hybridized carbons (Fsp3) is 0.412. The van der Waals surface area contributed by atoms with Gasteiger partial charge in [-0.05, 0) is 12.0 Å². The van der Waals surface area contributed by atoms with Crippen LogP contribution in [0.3, 0.4) is 0 Å². The van der Waals surface area contributed by atoms with Crippen molar-refractivity contribution in [2.75, 3.05) is 19.6 Å². The third kappa shape index (κ3) is 4.40. The molecular formula is C17H24N4O2. The molecule has 0 bridgehead atoms. The summed E-state index contributed by atoms with van der Waals surface area (Å²) in [4.78, 5) is 26.0. The zero-order valence-electron chi connectivity index (χ0n) is 13.7. The van der Waals surface area contributed by atoms with Gasteiger partial charge in [0.15, 0.2) is 0 Å². The Kier molecular flexibility index (Phi) is 5.90. The van der Waals surface area contributed by atoms with Gasteiger partial charge in [0.1, 0.15) is 0 Å². The molecule has 0 aliphatic heterocycles. The van der Waals surface area contributed by atoms with E-state index >= 15 is 0 Å². The SMILES string of the molecule is Cn1c(CN(CCN)CCc2ccccc2)cc(=O)n(C)c1=O. The van der Waals surface area contributed by atoms with Crippen LogP contribution in [0, 0.1) is 0 Å². The molecule has 6 nitrogen and oxygen atoms in total. The first-order valence-corrected chi connectivity index (χ1v) is 7.75. The molecule has 0 saturated carbocycles. The van der Waals surface area contributed by atoms with Gasteiger partial charge >= 0.3 is 5.69 Å². The fourth-order valence-electron chi connectivity index (χ4n) is 2.54. The molecule has 0 spiro atoms. The molecule has 0 radical (unpaired) electrons. The zero-order valence-corrected chi connectivity index (χ0v) is 13.7. The minimum Gasteiger partial charge on any atom is -0.329 e. The molecule has 0 atom stereocenters. The highest BCUT2D eigenvalue weighted by Crippen LogP contribution is 2.04. The van der Waals surface area contributed by atoms with Crippen molar-refractivity contribution >= 4 is 0 Å². The van der Waals surface area contributed by atoms with Crippen molar-refractivity contribution in [1.29, 1.82) is 0 Å². The molecule has 0 fully saturated rings. The van der Waals surface area contributed by atoms with E-state index in [1.54, 1.807) is 7.05 Å². The summed E-state index contributed by atoms with van der Waals surface area (Å²) in [6.07, 6.45) is 0.902.